The van der Waals surface area contributed by atoms with Gasteiger partial charge in [0, 0.05) is 0 Å². The van der Waals surface area contributed by atoms with Gasteiger partial charge in [-0.1, -0.05) is 0 Å². The fourth-order valence-corrected chi connectivity index (χ4v) is 3.78. The maximum absolute atomic E-state index is 12.5. The van der Waals surface area contributed by atoms with Crippen molar-refractivity contribution in [2.24, 2.45) is 0 Å². The number of carbonyl (C=O) groups is 2. The first-order valence-corrected chi connectivity index (χ1v) is 12.8. The maximum atomic E-state index is 12.5. The van der Waals surface area contributed by atoms with E-state index >= 15 is 0 Å². The Bertz CT molecular complexity index is 540. The standard InChI is InChI=1S/C26H48O8/c1-19(2)29-15-17-31-23(27)25(5,6)33-21-11-9-13-22(14-10-12-21)34-26(7,8)24(28)32-18-16-30-20(3)4/h19-22H,9-18H2,1-8H3. The third kappa shape index (κ3) is 12.5. The largest absolute Gasteiger partial charge is 0.461 e. The highest BCUT2D eigenvalue weighted by atomic mass is 16.6. The summed E-state index contributed by atoms with van der Waals surface area (Å²) in [5.74, 6) is -0.746. The molecule has 0 N–H and O–H groups in total. The summed E-state index contributed by atoms with van der Waals surface area (Å²) in [6.07, 6.45) is 5.23. The van der Waals surface area contributed by atoms with Crippen LogP contribution in [0.2, 0.25) is 0 Å². The molecule has 1 aliphatic carbocycles. The number of ether oxygens (including phenoxy) is 6. The van der Waals surface area contributed by atoms with E-state index in [1.807, 2.05) is 27.7 Å². The molecular weight excluding hydrogens is 440 g/mol. The Morgan fingerprint density at radius 3 is 1.26 bits per heavy atom. The number of rotatable bonds is 14. The van der Waals surface area contributed by atoms with Crippen molar-refractivity contribution in [3.8, 4) is 0 Å². The minimum absolute atomic E-state index is 0.0191. The van der Waals surface area contributed by atoms with Gasteiger partial charge in [0.2, 0.25) is 0 Å². The van der Waals surface area contributed by atoms with Gasteiger partial charge in [0.1, 0.15) is 13.2 Å². The van der Waals surface area contributed by atoms with E-state index in [0.29, 0.717) is 13.2 Å². The van der Waals surface area contributed by atoms with Gasteiger partial charge in [-0.3, -0.25) is 0 Å². The average molecular weight is 489 g/mol. The molecule has 34 heavy (non-hydrogen) atoms. The summed E-state index contributed by atoms with van der Waals surface area (Å²) < 4.78 is 33.8. The second-order valence-electron chi connectivity index (χ2n) is 10.5. The van der Waals surface area contributed by atoms with Crippen molar-refractivity contribution in [2.45, 2.75) is 130 Å². The van der Waals surface area contributed by atoms with Crippen LogP contribution in [0.4, 0.5) is 0 Å². The third-order valence-electron chi connectivity index (χ3n) is 5.55. The monoisotopic (exact) mass is 488 g/mol. The summed E-state index contributed by atoms with van der Waals surface area (Å²) in [4.78, 5) is 24.9. The lowest BCUT2D eigenvalue weighted by Crippen LogP contribution is -2.42. The van der Waals surface area contributed by atoms with Crippen LogP contribution in [0.5, 0.6) is 0 Å². The molecule has 0 radical (unpaired) electrons. The Hall–Kier alpha value is -1.22. The van der Waals surface area contributed by atoms with Crippen LogP contribution in [0.15, 0.2) is 0 Å². The number of esters is 2. The van der Waals surface area contributed by atoms with Crippen molar-refractivity contribution in [2.75, 3.05) is 26.4 Å². The molecule has 1 fully saturated rings. The van der Waals surface area contributed by atoms with Gasteiger partial charge >= 0.3 is 11.9 Å². The summed E-state index contributed by atoms with van der Waals surface area (Å²) in [5, 5.41) is 0. The van der Waals surface area contributed by atoms with Crippen molar-refractivity contribution >= 4 is 11.9 Å². The SMILES string of the molecule is CC(C)OCCOC(=O)C(C)(C)OC1CCCC(OC(C)(C)C(=O)OCCOC(C)C)CCC1. The van der Waals surface area contributed by atoms with E-state index in [0.717, 1.165) is 38.5 Å². The topological polar surface area (TPSA) is 89.5 Å². The van der Waals surface area contributed by atoms with Gasteiger partial charge in [-0.25, -0.2) is 9.59 Å². The Labute approximate surface area is 206 Å². The molecule has 8 heteroatoms. The van der Waals surface area contributed by atoms with Gasteiger partial charge in [-0.2, -0.15) is 0 Å². The third-order valence-corrected chi connectivity index (χ3v) is 5.55. The smallest absolute Gasteiger partial charge is 0.337 e. The van der Waals surface area contributed by atoms with E-state index in [9.17, 15) is 9.59 Å². The van der Waals surface area contributed by atoms with E-state index in [1.54, 1.807) is 27.7 Å². The highest BCUT2D eigenvalue weighted by molar-refractivity contribution is 5.79. The van der Waals surface area contributed by atoms with E-state index in [2.05, 4.69) is 0 Å². The molecular formula is C26H48O8. The lowest BCUT2D eigenvalue weighted by atomic mass is 9.95. The molecule has 0 aromatic rings. The molecule has 0 saturated heterocycles. The average Bonchev–Trinajstić information content (AvgIpc) is 2.71. The van der Waals surface area contributed by atoms with Gasteiger partial charge in [0.05, 0.1) is 37.6 Å². The first-order chi connectivity index (χ1) is 15.8. The minimum Gasteiger partial charge on any atom is -0.461 e. The maximum Gasteiger partial charge on any atom is 0.337 e. The van der Waals surface area contributed by atoms with Gasteiger partial charge in [-0.15, -0.1) is 0 Å². The zero-order chi connectivity index (χ0) is 25.8. The molecule has 0 aliphatic heterocycles. The van der Waals surface area contributed by atoms with Crippen molar-refractivity contribution in [3.63, 3.8) is 0 Å². The Balaban J connectivity index is 2.42. The van der Waals surface area contributed by atoms with E-state index in [1.165, 1.54) is 0 Å². The molecule has 8 nitrogen and oxygen atoms in total. The van der Waals surface area contributed by atoms with Crippen molar-refractivity contribution in [1.29, 1.82) is 0 Å². The van der Waals surface area contributed by atoms with Crippen LogP contribution in [0.3, 0.4) is 0 Å². The number of hydrogen-bond donors (Lipinski definition) is 0. The summed E-state index contributed by atoms with van der Waals surface area (Å²) in [6, 6.07) is 0. The predicted molar refractivity (Wildman–Crippen MR) is 130 cm³/mol. The zero-order valence-electron chi connectivity index (χ0n) is 22.6. The molecule has 0 unspecified atom stereocenters. The molecule has 1 aliphatic rings. The van der Waals surface area contributed by atoms with Crippen molar-refractivity contribution < 1.29 is 38.0 Å². The quantitative estimate of drug-likeness (QED) is 0.259. The first kappa shape index (κ1) is 30.8. The minimum atomic E-state index is -1.01. The van der Waals surface area contributed by atoms with Crippen LogP contribution >= 0.6 is 0 Å². The summed E-state index contributed by atoms with van der Waals surface area (Å²) in [6.45, 7) is 16.0. The second-order valence-corrected chi connectivity index (χ2v) is 10.5. The van der Waals surface area contributed by atoms with E-state index in [4.69, 9.17) is 28.4 Å². The highest BCUT2D eigenvalue weighted by Crippen LogP contribution is 2.28. The van der Waals surface area contributed by atoms with Crippen LogP contribution in [0.1, 0.15) is 93.9 Å². The van der Waals surface area contributed by atoms with E-state index in [-0.39, 0.29) is 49.6 Å². The van der Waals surface area contributed by atoms with Crippen molar-refractivity contribution in [1.82, 2.24) is 0 Å². The molecule has 0 spiro atoms. The van der Waals surface area contributed by atoms with Gasteiger partial charge in [0.15, 0.2) is 11.2 Å². The predicted octanol–water partition coefficient (Wildman–Crippen LogP) is 4.60. The molecule has 0 aromatic carbocycles. The summed E-state index contributed by atoms with van der Waals surface area (Å²) in [7, 11) is 0. The number of hydrogen-bond acceptors (Lipinski definition) is 8. The van der Waals surface area contributed by atoms with Gasteiger partial charge in [0.25, 0.3) is 0 Å². The second kappa shape index (κ2) is 15.0. The molecule has 0 aromatic heterocycles. The fraction of sp³-hybridized carbons (Fsp3) is 0.923. The highest BCUT2D eigenvalue weighted by Gasteiger charge is 2.36. The van der Waals surface area contributed by atoms with Gasteiger partial charge < -0.3 is 28.4 Å². The molecule has 0 heterocycles. The Kier molecular flexibility index (Phi) is 13.6. The molecule has 0 bridgehead atoms. The van der Waals surface area contributed by atoms with Crippen LogP contribution in [0.25, 0.3) is 0 Å². The van der Waals surface area contributed by atoms with Crippen LogP contribution in [0, 0.1) is 0 Å². The van der Waals surface area contributed by atoms with Gasteiger partial charge in [-0.05, 0) is 93.9 Å². The fourth-order valence-electron chi connectivity index (χ4n) is 3.78. The lowest BCUT2D eigenvalue weighted by molar-refractivity contribution is -0.181. The van der Waals surface area contributed by atoms with Crippen LogP contribution < -0.4 is 0 Å². The lowest BCUT2D eigenvalue weighted by Gasteiger charge is -2.33. The van der Waals surface area contributed by atoms with Crippen molar-refractivity contribution in [3.05, 3.63) is 0 Å². The van der Waals surface area contributed by atoms with E-state index < -0.39 is 11.2 Å². The zero-order valence-corrected chi connectivity index (χ0v) is 22.6. The molecule has 0 atom stereocenters. The summed E-state index contributed by atoms with van der Waals surface area (Å²) >= 11 is 0. The van der Waals surface area contributed by atoms with Crippen LogP contribution in [-0.4, -0.2) is 74.0 Å². The molecule has 0 amide bonds. The molecule has 1 saturated carbocycles. The summed E-state index contributed by atoms with van der Waals surface area (Å²) in [5.41, 5.74) is -2.02. The number of carbonyl (C=O) groups excluding carboxylic acids is 2. The normalized spacial score (nSPS) is 20.2. The Morgan fingerprint density at radius 2 is 0.971 bits per heavy atom. The molecule has 1 rings (SSSR count). The Morgan fingerprint density at radius 1 is 0.647 bits per heavy atom. The van der Waals surface area contributed by atoms with Crippen LogP contribution in [-0.2, 0) is 38.0 Å². The first-order valence-electron chi connectivity index (χ1n) is 12.8. The molecule has 200 valence electrons.